The summed E-state index contributed by atoms with van der Waals surface area (Å²) in [5.41, 5.74) is 0.771. The lowest BCUT2D eigenvalue weighted by atomic mass is 10.0. The Morgan fingerprint density at radius 3 is 2.30 bits per heavy atom. The quantitative estimate of drug-likeness (QED) is 0.413. The summed E-state index contributed by atoms with van der Waals surface area (Å²) in [6, 6.07) is 17.6. The van der Waals surface area contributed by atoms with E-state index in [0.717, 1.165) is 23.3 Å². The Hall–Kier alpha value is -2.81. The molecule has 1 aliphatic heterocycles. The number of halogens is 5. The van der Waals surface area contributed by atoms with Crippen LogP contribution in [0, 0.1) is 11.6 Å². The van der Waals surface area contributed by atoms with E-state index in [1.54, 1.807) is 12.1 Å². The van der Waals surface area contributed by atoms with Crippen molar-refractivity contribution in [2.75, 3.05) is 13.2 Å². The summed E-state index contributed by atoms with van der Waals surface area (Å²) in [6.07, 6.45) is -5.51. The van der Waals surface area contributed by atoms with E-state index in [2.05, 4.69) is 4.90 Å². The molecule has 4 rings (SSSR count). The van der Waals surface area contributed by atoms with Crippen LogP contribution in [-0.2, 0) is 28.8 Å². The second-order valence-electron chi connectivity index (χ2n) is 7.85. The van der Waals surface area contributed by atoms with E-state index < -0.39 is 29.9 Å². The van der Waals surface area contributed by atoms with Crippen molar-refractivity contribution in [3.63, 3.8) is 0 Å². The lowest BCUT2D eigenvalue weighted by molar-refractivity contribution is -0.218. The normalized spacial score (nSPS) is 19.5. The van der Waals surface area contributed by atoms with Gasteiger partial charge < -0.3 is 9.47 Å². The van der Waals surface area contributed by atoms with E-state index in [1.807, 2.05) is 30.3 Å². The molecule has 0 amide bonds. The third-order valence-electron chi connectivity index (χ3n) is 5.45. The average molecular weight is 463 g/mol. The van der Waals surface area contributed by atoms with Gasteiger partial charge in [-0.25, -0.2) is 8.78 Å². The van der Waals surface area contributed by atoms with Crippen LogP contribution in [0.1, 0.15) is 28.3 Å². The zero-order valence-electron chi connectivity index (χ0n) is 17.6. The Morgan fingerprint density at radius 2 is 1.61 bits per heavy atom. The number of nitrogens with zero attached hydrogens (tertiary/aromatic N) is 1. The van der Waals surface area contributed by atoms with Crippen molar-refractivity contribution in [1.29, 1.82) is 0 Å². The summed E-state index contributed by atoms with van der Waals surface area (Å²) in [6.45, 7) is 1.22. The van der Waals surface area contributed by atoms with Crippen LogP contribution in [-0.4, -0.2) is 24.3 Å². The molecule has 0 spiro atoms. The van der Waals surface area contributed by atoms with Gasteiger partial charge in [0.15, 0.2) is 6.29 Å². The minimum absolute atomic E-state index is 0.0453. The van der Waals surface area contributed by atoms with Crippen LogP contribution >= 0.6 is 0 Å². The molecule has 0 unspecified atom stereocenters. The Morgan fingerprint density at radius 1 is 0.879 bits per heavy atom. The molecular weight excluding hydrogens is 441 g/mol. The molecule has 1 heterocycles. The van der Waals surface area contributed by atoms with E-state index in [1.165, 1.54) is 12.1 Å². The highest BCUT2D eigenvalue weighted by Crippen LogP contribution is 2.34. The topological polar surface area (TPSA) is 21.7 Å². The Balaban J connectivity index is 1.57. The highest BCUT2D eigenvalue weighted by molar-refractivity contribution is 5.27. The number of morpholine rings is 1. The Kier molecular flexibility index (Phi) is 7.07. The fraction of sp³-hybridized carbons (Fsp3) is 0.280. The van der Waals surface area contributed by atoms with E-state index in [9.17, 15) is 22.0 Å². The van der Waals surface area contributed by atoms with Gasteiger partial charge in [-0.15, -0.1) is 0 Å². The van der Waals surface area contributed by atoms with Crippen LogP contribution in [0.4, 0.5) is 22.0 Å². The molecule has 3 aromatic carbocycles. The van der Waals surface area contributed by atoms with Gasteiger partial charge in [0.25, 0.3) is 0 Å². The summed E-state index contributed by atoms with van der Waals surface area (Å²) in [7, 11) is 0. The predicted octanol–water partition coefficient (Wildman–Crippen LogP) is 6.10. The van der Waals surface area contributed by atoms with Crippen molar-refractivity contribution >= 4 is 0 Å². The number of rotatable bonds is 6. The number of alkyl halides is 3. The van der Waals surface area contributed by atoms with E-state index in [0.29, 0.717) is 25.8 Å². The Bertz CT molecular complexity index is 1060. The lowest BCUT2D eigenvalue weighted by Crippen LogP contribution is -2.46. The van der Waals surface area contributed by atoms with Crippen LogP contribution in [0.5, 0.6) is 0 Å². The molecule has 3 nitrogen and oxygen atoms in total. The van der Waals surface area contributed by atoms with Crippen molar-refractivity contribution in [3.8, 4) is 0 Å². The largest absolute Gasteiger partial charge is 0.416 e. The van der Waals surface area contributed by atoms with Crippen molar-refractivity contribution < 1.29 is 31.4 Å². The third kappa shape index (κ3) is 5.96. The van der Waals surface area contributed by atoms with Gasteiger partial charge >= 0.3 is 6.18 Å². The SMILES string of the molecule is Fc1ccc([C@H]2[C@H](OCc3cc(F)cc(C(F)(F)F)c3)OCCN2Cc2ccccc2)cc1. The van der Waals surface area contributed by atoms with Gasteiger partial charge in [0.05, 0.1) is 24.8 Å². The Labute approximate surface area is 188 Å². The second-order valence-corrected chi connectivity index (χ2v) is 7.85. The van der Waals surface area contributed by atoms with Gasteiger partial charge in [0.1, 0.15) is 11.6 Å². The molecule has 0 saturated carbocycles. The van der Waals surface area contributed by atoms with Gasteiger partial charge in [-0.2, -0.15) is 13.2 Å². The van der Waals surface area contributed by atoms with Gasteiger partial charge in [0, 0.05) is 13.1 Å². The first-order valence-electron chi connectivity index (χ1n) is 10.4. The molecule has 8 heteroatoms. The maximum atomic E-state index is 13.8. The first kappa shape index (κ1) is 23.4. The zero-order valence-corrected chi connectivity index (χ0v) is 17.6. The van der Waals surface area contributed by atoms with E-state index >= 15 is 0 Å². The molecule has 1 saturated heterocycles. The standard InChI is InChI=1S/C25H22F5NO2/c26-21-8-6-19(7-9-21)23-24(32-11-10-31(23)15-17-4-2-1-3-5-17)33-16-18-12-20(25(28,29)30)14-22(27)13-18/h1-9,12-14,23-24H,10-11,15-16H2/t23-,24-/m0/s1. The molecule has 1 aliphatic rings. The molecule has 0 aromatic heterocycles. The predicted molar refractivity (Wildman–Crippen MR) is 112 cm³/mol. The average Bonchev–Trinajstić information content (AvgIpc) is 2.78. The summed E-state index contributed by atoms with van der Waals surface area (Å²) in [5, 5.41) is 0. The molecule has 1 fully saturated rings. The van der Waals surface area contributed by atoms with Crippen LogP contribution in [0.15, 0.2) is 72.8 Å². The third-order valence-corrected chi connectivity index (χ3v) is 5.45. The molecular formula is C25H22F5NO2. The maximum absolute atomic E-state index is 13.8. The van der Waals surface area contributed by atoms with Crippen molar-refractivity contribution in [2.45, 2.75) is 31.7 Å². The van der Waals surface area contributed by atoms with Crippen molar-refractivity contribution in [1.82, 2.24) is 4.90 Å². The molecule has 0 radical (unpaired) electrons. The zero-order chi connectivity index (χ0) is 23.4. The first-order chi connectivity index (χ1) is 15.8. The van der Waals surface area contributed by atoms with Gasteiger partial charge in [-0.1, -0.05) is 42.5 Å². The number of hydrogen-bond acceptors (Lipinski definition) is 3. The highest BCUT2D eigenvalue weighted by Gasteiger charge is 2.35. The molecule has 174 valence electrons. The molecule has 0 bridgehead atoms. The van der Waals surface area contributed by atoms with Crippen molar-refractivity contribution in [2.24, 2.45) is 0 Å². The monoisotopic (exact) mass is 463 g/mol. The fourth-order valence-corrected chi connectivity index (χ4v) is 3.93. The molecule has 0 aliphatic carbocycles. The van der Waals surface area contributed by atoms with Crippen LogP contribution in [0.2, 0.25) is 0 Å². The second kappa shape index (κ2) is 9.99. The fourth-order valence-electron chi connectivity index (χ4n) is 3.93. The first-order valence-corrected chi connectivity index (χ1v) is 10.4. The summed E-state index contributed by atoms with van der Waals surface area (Å²) >= 11 is 0. The summed E-state index contributed by atoms with van der Waals surface area (Å²) in [5.74, 6) is -1.38. The van der Waals surface area contributed by atoms with Gasteiger partial charge in [-0.05, 0) is 47.0 Å². The lowest BCUT2D eigenvalue weighted by Gasteiger charge is -2.41. The van der Waals surface area contributed by atoms with Gasteiger partial charge in [-0.3, -0.25) is 4.90 Å². The highest BCUT2D eigenvalue weighted by atomic mass is 19.4. The van der Waals surface area contributed by atoms with Crippen LogP contribution in [0.25, 0.3) is 0 Å². The molecule has 0 N–H and O–H groups in total. The minimum Gasteiger partial charge on any atom is -0.349 e. The summed E-state index contributed by atoms with van der Waals surface area (Å²) in [4.78, 5) is 2.11. The number of hydrogen-bond donors (Lipinski definition) is 0. The maximum Gasteiger partial charge on any atom is 0.416 e. The smallest absolute Gasteiger partial charge is 0.349 e. The van der Waals surface area contributed by atoms with E-state index in [-0.39, 0.29) is 18.0 Å². The summed E-state index contributed by atoms with van der Waals surface area (Å²) < 4.78 is 78.1. The molecule has 3 aromatic rings. The van der Waals surface area contributed by atoms with E-state index in [4.69, 9.17) is 9.47 Å². The van der Waals surface area contributed by atoms with Crippen molar-refractivity contribution in [3.05, 3.63) is 107 Å². The number of ether oxygens (including phenoxy) is 2. The molecule has 33 heavy (non-hydrogen) atoms. The number of benzene rings is 3. The minimum atomic E-state index is -4.67. The van der Waals surface area contributed by atoms with Crippen LogP contribution < -0.4 is 0 Å². The van der Waals surface area contributed by atoms with Crippen LogP contribution in [0.3, 0.4) is 0 Å². The van der Waals surface area contributed by atoms with Gasteiger partial charge in [0.2, 0.25) is 0 Å². The molecule has 2 atom stereocenters.